The van der Waals surface area contributed by atoms with Gasteiger partial charge in [0, 0.05) is 56.7 Å². The summed E-state index contributed by atoms with van der Waals surface area (Å²) in [6.45, 7) is 2.24. The number of nitrogens with one attached hydrogen (secondary N) is 1. The van der Waals surface area contributed by atoms with E-state index in [1.807, 2.05) is 25.2 Å². The number of aryl methyl sites for hydroxylation is 1. The Balaban J connectivity index is 1.39. The van der Waals surface area contributed by atoms with Gasteiger partial charge >= 0.3 is 0 Å². The molecular weight excluding hydrogens is 322 g/mol. The first-order valence-electron chi connectivity index (χ1n) is 9.80. The number of hydrogen-bond acceptors (Lipinski definition) is 5. The zero-order valence-corrected chi connectivity index (χ0v) is 15.9. The van der Waals surface area contributed by atoms with Gasteiger partial charge in [-0.1, -0.05) is 18.2 Å². The smallest absolute Gasteiger partial charge is 0.225 e. The van der Waals surface area contributed by atoms with Crippen LogP contribution in [0.4, 0.5) is 11.6 Å². The lowest BCUT2D eigenvalue weighted by molar-refractivity contribution is 0.344. The van der Waals surface area contributed by atoms with Crippen LogP contribution >= 0.6 is 0 Å². The van der Waals surface area contributed by atoms with E-state index in [1.165, 1.54) is 42.6 Å². The third-order valence-electron chi connectivity index (χ3n) is 5.62. The molecule has 0 saturated carbocycles. The van der Waals surface area contributed by atoms with Crippen molar-refractivity contribution in [3.63, 3.8) is 0 Å². The molecule has 1 aromatic heterocycles. The molecule has 2 aromatic rings. The lowest BCUT2D eigenvalue weighted by Crippen LogP contribution is -2.44. The maximum Gasteiger partial charge on any atom is 0.225 e. The standard InChI is InChI=1S/C21H29N5/c1-25(2)21-22-15-18-19(9-6-10-20(18)24-21)23-16-11-13-26(14-12-16)17-7-4-3-5-8-17/h3-5,7-8,15-16,19,23H,6,9-14H2,1-2H3. The Kier molecular flexibility index (Phi) is 5.07. The van der Waals surface area contributed by atoms with Gasteiger partial charge in [-0.05, 0) is 44.2 Å². The molecule has 26 heavy (non-hydrogen) atoms. The molecular formula is C21H29N5. The van der Waals surface area contributed by atoms with Crippen molar-refractivity contribution in [2.75, 3.05) is 37.0 Å². The van der Waals surface area contributed by atoms with Crippen molar-refractivity contribution >= 4 is 11.6 Å². The number of anilines is 2. The van der Waals surface area contributed by atoms with Gasteiger partial charge < -0.3 is 15.1 Å². The fourth-order valence-electron chi connectivity index (χ4n) is 4.15. The highest BCUT2D eigenvalue weighted by Crippen LogP contribution is 2.30. The van der Waals surface area contributed by atoms with Crippen LogP contribution in [0.3, 0.4) is 0 Å². The molecule has 138 valence electrons. The predicted molar refractivity (Wildman–Crippen MR) is 107 cm³/mol. The molecule has 1 saturated heterocycles. The average Bonchev–Trinajstić information content (AvgIpc) is 2.69. The van der Waals surface area contributed by atoms with E-state index in [2.05, 4.69) is 45.5 Å². The Bertz CT molecular complexity index is 722. The van der Waals surface area contributed by atoms with Gasteiger partial charge in [0.05, 0.1) is 5.69 Å². The fourth-order valence-corrected chi connectivity index (χ4v) is 4.15. The largest absolute Gasteiger partial charge is 0.371 e. The number of rotatable bonds is 4. The van der Waals surface area contributed by atoms with Crippen LogP contribution in [0.5, 0.6) is 0 Å². The topological polar surface area (TPSA) is 44.3 Å². The summed E-state index contributed by atoms with van der Waals surface area (Å²) in [5.74, 6) is 0.820. The minimum atomic E-state index is 0.406. The highest BCUT2D eigenvalue weighted by molar-refractivity contribution is 5.46. The SMILES string of the molecule is CN(C)c1ncc2c(n1)CCCC2NC1CCN(c2ccccc2)CC1. The molecule has 2 aliphatic rings. The van der Waals surface area contributed by atoms with E-state index in [4.69, 9.17) is 4.98 Å². The van der Waals surface area contributed by atoms with Crippen molar-refractivity contribution in [1.29, 1.82) is 0 Å². The van der Waals surface area contributed by atoms with E-state index < -0.39 is 0 Å². The molecule has 5 nitrogen and oxygen atoms in total. The molecule has 1 unspecified atom stereocenters. The molecule has 1 aromatic carbocycles. The third kappa shape index (κ3) is 3.68. The molecule has 0 spiro atoms. The molecule has 4 rings (SSSR count). The van der Waals surface area contributed by atoms with Crippen molar-refractivity contribution in [2.24, 2.45) is 0 Å². The van der Waals surface area contributed by atoms with E-state index in [1.54, 1.807) is 0 Å². The predicted octanol–water partition coefficient (Wildman–Crippen LogP) is 3.18. The van der Waals surface area contributed by atoms with Gasteiger partial charge in [-0.15, -0.1) is 0 Å². The second kappa shape index (κ2) is 7.62. The first kappa shape index (κ1) is 17.3. The Morgan fingerprint density at radius 1 is 1.08 bits per heavy atom. The number of aromatic nitrogens is 2. The van der Waals surface area contributed by atoms with Gasteiger partial charge in [0.1, 0.15) is 0 Å². The highest BCUT2D eigenvalue weighted by Gasteiger charge is 2.27. The lowest BCUT2D eigenvalue weighted by atomic mass is 9.90. The van der Waals surface area contributed by atoms with Gasteiger partial charge in [-0.3, -0.25) is 0 Å². The number of piperidine rings is 1. The van der Waals surface area contributed by atoms with Crippen LogP contribution in [0.1, 0.15) is 43.0 Å². The van der Waals surface area contributed by atoms with Crippen molar-refractivity contribution < 1.29 is 0 Å². The minimum Gasteiger partial charge on any atom is -0.371 e. The summed E-state index contributed by atoms with van der Waals surface area (Å²) in [6.07, 6.45) is 7.90. The first-order chi connectivity index (χ1) is 12.7. The van der Waals surface area contributed by atoms with Crippen molar-refractivity contribution in [3.8, 4) is 0 Å². The van der Waals surface area contributed by atoms with E-state index in [0.29, 0.717) is 12.1 Å². The summed E-state index contributed by atoms with van der Waals surface area (Å²) >= 11 is 0. The Morgan fingerprint density at radius 2 is 1.85 bits per heavy atom. The van der Waals surface area contributed by atoms with E-state index in [-0.39, 0.29) is 0 Å². The van der Waals surface area contributed by atoms with E-state index in [0.717, 1.165) is 25.5 Å². The summed E-state index contributed by atoms with van der Waals surface area (Å²) < 4.78 is 0. The van der Waals surface area contributed by atoms with Crippen LogP contribution in [0.15, 0.2) is 36.5 Å². The van der Waals surface area contributed by atoms with Crippen LogP contribution < -0.4 is 15.1 Å². The zero-order valence-electron chi connectivity index (χ0n) is 15.9. The Labute approximate surface area is 156 Å². The molecule has 1 atom stereocenters. The van der Waals surface area contributed by atoms with Gasteiger partial charge in [0.15, 0.2) is 0 Å². The quantitative estimate of drug-likeness (QED) is 0.916. The second-order valence-electron chi connectivity index (χ2n) is 7.67. The lowest BCUT2D eigenvalue weighted by Gasteiger charge is -2.37. The molecule has 1 fully saturated rings. The minimum absolute atomic E-state index is 0.406. The third-order valence-corrected chi connectivity index (χ3v) is 5.62. The maximum absolute atomic E-state index is 4.77. The van der Waals surface area contributed by atoms with Gasteiger partial charge in [-0.2, -0.15) is 0 Å². The van der Waals surface area contributed by atoms with Crippen molar-refractivity contribution in [1.82, 2.24) is 15.3 Å². The molecule has 1 aliphatic heterocycles. The molecule has 5 heteroatoms. The summed E-state index contributed by atoms with van der Waals surface area (Å²) in [7, 11) is 4.00. The van der Waals surface area contributed by atoms with E-state index in [9.17, 15) is 0 Å². The number of nitrogens with zero attached hydrogens (tertiary/aromatic N) is 4. The summed E-state index contributed by atoms with van der Waals surface area (Å²) in [5.41, 5.74) is 3.89. The summed E-state index contributed by atoms with van der Waals surface area (Å²) in [6, 6.07) is 11.8. The molecule has 1 aliphatic carbocycles. The first-order valence-corrected chi connectivity index (χ1v) is 9.80. The second-order valence-corrected chi connectivity index (χ2v) is 7.67. The number of fused-ring (bicyclic) bond motifs is 1. The Morgan fingerprint density at radius 3 is 2.58 bits per heavy atom. The Hall–Kier alpha value is -2.14. The van der Waals surface area contributed by atoms with Crippen LogP contribution in [-0.4, -0.2) is 43.2 Å². The van der Waals surface area contributed by atoms with Crippen LogP contribution in [0, 0.1) is 0 Å². The maximum atomic E-state index is 4.77. The molecule has 1 N–H and O–H groups in total. The number of benzene rings is 1. The van der Waals surface area contributed by atoms with Crippen LogP contribution in [0.25, 0.3) is 0 Å². The average molecular weight is 351 g/mol. The summed E-state index contributed by atoms with van der Waals surface area (Å²) in [5, 5.41) is 3.91. The number of para-hydroxylation sites is 1. The number of hydrogen-bond donors (Lipinski definition) is 1. The monoisotopic (exact) mass is 351 g/mol. The van der Waals surface area contributed by atoms with E-state index >= 15 is 0 Å². The molecule has 0 amide bonds. The molecule has 0 radical (unpaired) electrons. The zero-order chi connectivity index (χ0) is 17.9. The van der Waals surface area contributed by atoms with Crippen molar-refractivity contribution in [3.05, 3.63) is 47.8 Å². The summed E-state index contributed by atoms with van der Waals surface area (Å²) in [4.78, 5) is 13.8. The van der Waals surface area contributed by atoms with Gasteiger partial charge in [-0.25, -0.2) is 9.97 Å². The van der Waals surface area contributed by atoms with Gasteiger partial charge in [0.2, 0.25) is 5.95 Å². The van der Waals surface area contributed by atoms with Crippen LogP contribution in [-0.2, 0) is 6.42 Å². The normalized spacial score (nSPS) is 20.7. The van der Waals surface area contributed by atoms with Gasteiger partial charge in [0.25, 0.3) is 0 Å². The molecule has 0 bridgehead atoms. The fraction of sp³-hybridized carbons (Fsp3) is 0.524. The van der Waals surface area contributed by atoms with Crippen LogP contribution in [0.2, 0.25) is 0 Å². The highest BCUT2D eigenvalue weighted by atomic mass is 15.2. The van der Waals surface area contributed by atoms with Crippen molar-refractivity contribution in [2.45, 2.75) is 44.2 Å². The molecule has 2 heterocycles.